The molecule has 3 rings (SSSR count). The fourth-order valence-electron chi connectivity index (χ4n) is 3.69. The van der Waals surface area contributed by atoms with E-state index in [4.69, 9.17) is 4.42 Å². The molecule has 164 valence electrons. The average Bonchev–Trinajstić information content (AvgIpc) is 3.21. The van der Waals surface area contributed by atoms with Gasteiger partial charge < -0.3 is 9.32 Å². The molecule has 2 aromatic carbocycles. The third-order valence-corrected chi connectivity index (χ3v) is 5.44. The summed E-state index contributed by atoms with van der Waals surface area (Å²) in [7, 11) is 0. The van der Waals surface area contributed by atoms with Crippen molar-refractivity contribution in [2.45, 2.75) is 46.2 Å². The van der Waals surface area contributed by atoms with Crippen molar-refractivity contribution in [1.82, 2.24) is 9.80 Å². The molecule has 4 heteroatoms. The summed E-state index contributed by atoms with van der Waals surface area (Å²) < 4.78 is 5.77. The molecule has 4 nitrogen and oxygen atoms in total. The standard InChI is InChI=1S/C27H34N2O2/c1-3-4-18-28(20-25-13-9-6-10-14-25)22-27(30)29(21-26-16-15-23(2)31-26)19-17-24-11-7-5-8-12-24/h5-16H,3-4,17-22H2,1-2H3. The van der Waals surface area contributed by atoms with E-state index < -0.39 is 0 Å². The van der Waals surface area contributed by atoms with Crippen LogP contribution in [0.2, 0.25) is 0 Å². The number of amides is 1. The first-order valence-corrected chi connectivity index (χ1v) is 11.3. The van der Waals surface area contributed by atoms with E-state index in [1.54, 1.807) is 0 Å². The topological polar surface area (TPSA) is 36.7 Å². The van der Waals surface area contributed by atoms with Crippen LogP contribution in [0.15, 0.2) is 77.2 Å². The SMILES string of the molecule is CCCCN(CC(=O)N(CCc1ccccc1)Cc1ccc(C)o1)Cc1ccccc1. The number of carbonyl (C=O) groups is 1. The zero-order valence-electron chi connectivity index (χ0n) is 18.8. The maximum absolute atomic E-state index is 13.4. The van der Waals surface area contributed by atoms with Crippen molar-refractivity contribution in [3.63, 3.8) is 0 Å². The molecule has 0 saturated heterocycles. The second-order valence-corrected chi connectivity index (χ2v) is 8.11. The molecule has 0 radical (unpaired) electrons. The van der Waals surface area contributed by atoms with Crippen molar-refractivity contribution in [1.29, 1.82) is 0 Å². The molecule has 0 aliphatic carbocycles. The highest BCUT2D eigenvalue weighted by Crippen LogP contribution is 2.13. The molecule has 0 unspecified atom stereocenters. The molecule has 0 N–H and O–H groups in total. The number of furan rings is 1. The lowest BCUT2D eigenvalue weighted by atomic mass is 10.1. The lowest BCUT2D eigenvalue weighted by Crippen LogP contribution is -2.41. The van der Waals surface area contributed by atoms with Gasteiger partial charge >= 0.3 is 0 Å². The highest BCUT2D eigenvalue weighted by molar-refractivity contribution is 5.78. The first-order chi connectivity index (χ1) is 15.1. The van der Waals surface area contributed by atoms with Gasteiger partial charge in [-0.1, -0.05) is 74.0 Å². The van der Waals surface area contributed by atoms with E-state index in [-0.39, 0.29) is 5.91 Å². The van der Waals surface area contributed by atoms with Gasteiger partial charge in [0, 0.05) is 13.1 Å². The third kappa shape index (κ3) is 7.72. The number of hydrogen-bond donors (Lipinski definition) is 0. The van der Waals surface area contributed by atoms with Gasteiger partial charge in [-0.15, -0.1) is 0 Å². The molecule has 3 aromatic rings. The first-order valence-electron chi connectivity index (χ1n) is 11.3. The Morgan fingerprint density at radius 2 is 1.52 bits per heavy atom. The number of rotatable bonds is 12. The zero-order chi connectivity index (χ0) is 21.9. The fourth-order valence-corrected chi connectivity index (χ4v) is 3.69. The molecule has 1 aromatic heterocycles. The molecule has 0 aliphatic heterocycles. The molecule has 1 heterocycles. The largest absolute Gasteiger partial charge is 0.464 e. The smallest absolute Gasteiger partial charge is 0.237 e. The summed E-state index contributed by atoms with van der Waals surface area (Å²) in [6.07, 6.45) is 3.03. The second kappa shape index (κ2) is 12.1. The molecule has 0 saturated carbocycles. The zero-order valence-corrected chi connectivity index (χ0v) is 18.8. The van der Waals surface area contributed by atoms with Crippen molar-refractivity contribution in [2.75, 3.05) is 19.6 Å². The van der Waals surface area contributed by atoms with E-state index in [1.165, 1.54) is 11.1 Å². The molecule has 31 heavy (non-hydrogen) atoms. The Morgan fingerprint density at radius 3 is 2.13 bits per heavy atom. The van der Waals surface area contributed by atoms with Crippen LogP contribution in [-0.4, -0.2) is 35.3 Å². The summed E-state index contributed by atoms with van der Waals surface area (Å²) in [5.74, 6) is 1.86. The van der Waals surface area contributed by atoms with Gasteiger partial charge in [0.05, 0.1) is 13.1 Å². The maximum Gasteiger partial charge on any atom is 0.237 e. The van der Waals surface area contributed by atoms with E-state index in [2.05, 4.69) is 48.2 Å². The minimum atomic E-state index is 0.150. The van der Waals surface area contributed by atoms with E-state index in [0.717, 1.165) is 43.9 Å². The van der Waals surface area contributed by atoms with Gasteiger partial charge in [-0.25, -0.2) is 0 Å². The van der Waals surface area contributed by atoms with Gasteiger partial charge in [-0.05, 0) is 49.6 Å². The van der Waals surface area contributed by atoms with Crippen molar-refractivity contribution < 1.29 is 9.21 Å². The van der Waals surface area contributed by atoms with Gasteiger partial charge in [0.25, 0.3) is 0 Å². The minimum Gasteiger partial charge on any atom is -0.464 e. The van der Waals surface area contributed by atoms with Gasteiger partial charge in [0.1, 0.15) is 11.5 Å². The van der Waals surface area contributed by atoms with Crippen molar-refractivity contribution in [3.05, 3.63) is 95.4 Å². The average molecular weight is 419 g/mol. The number of unbranched alkanes of at least 4 members (excludes halogenated alkanes) is 1. The van der Waals surface area contributed by atoms with E-state index in [0.29, 0.717) is 19.6 Å². The molecule has 0 atom stereocenters. The van der Waals surface area contributed by atoms with Crippen LogP contribution in [-0.2, 0) is 24.3 Å². The Morgan fingerprint density at radius 1 is 0.839 bits per heavy atom. The van der Waals surface area contributed by atoms with Crippen LogP contribution in [0.5, 0.6) is 0 Å². The minimum absolute atomic E-state index is 0.150. The maximum atomic E-state index is 13.4. The number of aryl methyl sites for hydroxylation is 1. The highest BCUT2D eigenvalue weighted by atomic mass is 16.3. The van der Waals surface area contributed by atoms with Gasteiger partial charge in [0.2, 0.25) is 5.91 Å². The van der Waals surface area contributed by atoms with Crippen molar-refractivity contribution in [2.24, 2.45) is 0 Å². The summed E-state index contributed by atoms with van der Waals surface area (Å²) >= 11 is 0. The molecule has 0 spiro atoms. The third-order valence-electron chi connectivity index (χ3n) is 5.44. The Labute approximate surface area is 186 Å². The van der Waals surface area contributed by atoms with E-state index >= 15 is 0 Å². The van der Waals surface area contributed by atoms with Crippen LogP contribution in [0.3, 0.4) is 0 Å². The summed E-state index contributed by atoms with van der Waals surface area (Å²) in [6.45, 7) is 7.44. The second-order valence-electron chi connectivity index (χ2n) is 8.11. The number of benzene rings is 2. The Bertz CT molecular complexity index is 905. The number of nitrogens with zero attached hydrogens (tertiary/aromatic N) is 2. The number of carbonyl (C=O) groups excluding carboxylic acids is 1. The Balaban J connectivity index is 1.69. The summed E-state index contributed by atoms with van der Waals surface area (Å²) in [5, 5.41) is 0. The predicted octanol–water partition coefficient (Wildman–Crippen LogP) is 5.46. The highest BCUT2D eigenvalue weighted by Gasteiger charge is 2.19. The van der Waals surface area contributed by atoms with Crippen molar-refractivity contribution in [3.8, 4) is 0 Å². The molecule has 0 aliphatic rings. The quantitative estimate of drug-likeness (QED) is 0.392. The normalized spacial score (nSPS) is 11.1. The van der Waals surface area contributed by atoms with E-state index in [1.807, 2.05) is 48.2 Å². The number of hydrogen-bond acceptors (Lipinski definition) is 3. The van der Waals surface area contributed by atoms with Crippen LogP contribution in [0, 0.1) is 6.92 Å². The van der Waals surface area contributed by atoms with Crippen LogP contribution < -0.4 is 0 Å². The predicted molar refractivity (Wildman–Crippen MR) is 126 cm³/mol. The van der Waals surface area contributed by atoms with Gasteiger partial charge in [-0.2, -0.15) is 0 Å². The van der Waals surface area contributed by atoms with Gasteiger partial charge in [0.15, 0.2) is 0 Å². The van der Waals surface area contributed by atoms with Crippen LogP contribution in [0.1, 0.15) is 42.4 Å². The lowest BCUT2D eigenvalue weighted by molar-refractivity contribution is -0.133. The lowest BCUT2D eigenvalue weighted by Gasteiger charge is -2.27. The fraction of sp³-hybridized carbons (Fsp3) is 0.370. The Kier molecular flexibility index (Phi) is 8.92. The van der Waals surface area contributed by atoms with Crippen LogP contribution >= 0.6 is 0 Å². The molecule has 0 bridgehead atoms. The molecular formula is C27H34N2O2. The first kappa shape index (κ1) is 22.8. The summed E-state index contributed by atoms with van der Waals surface area (Å²) in [5.41, 5.74) is 2.48. The van der Waals surface area contributed by atoms with E-state index in [9.17, 15) is 4.79 Å². The van der Waals surface area contributed by atoms with Crippen LogP contribution in [0.25, 0.3) is 0 Å². The molecular weight excluding hydrogens is 384 g/mol. The van der Waals surface area contributed by atoms with Crippen molar-refractivity contribution >= 4 is 5.91 Å². The monoisotopic (exact) mass is 418 g/mol. The summed E-state index contributed by atoms with van der Waals surface area (Å²) in [6, 6.07) is 24.7. The molecule has 1 amide bonds. The van der Waals surface area contributed by atoms with Gasteiger partial charge in [-0.3, -0.25) is 9.69 Å². The Hall–Kier alpha value is -2.85. The molecule has 0 fully saturated rings. The summed E-state index contributed by atoms with van der Waals surface area (Å²) in [4.78, 5) is 17.6. The van der Waals surface area contributed by atoms with Crippen LogP contribution in [0.4, 0.5) is 0 Å².